The number of hydrogen-bond acceptors (Lipinski definition) is 3. The Hall–Kier alpha value is -1.88. The predicted octanol–water partition coefficient (Wildman–Crippen LogP) is 0.557. The lowest BCUT2D eigenvalue weighted by atomic mass is 9.91. The monoisotopic (exact) mass is 302 g/mol. The van der Waals surface area contributed by atoms with E-state index in [1.807, 2.05) is 6.07 Å². The van der Waals surface area contributed by atoms with Crippen LogP contribution in [0.3, 0.4) is 0 Å². The summed E-state index contributed by atoms with van der Waals surface area (Å²) < 4.78 is 0. The second-order valence-electron chi connectivity index (χ2n) is 6.45. The predicted molar refractivity (Wildman–Crippen MR) is 82.1 cm³/mol. The molecule has 1 saturated heterocycles. The Morgan fingerprint density at radius 3 is 2.77 bits per heavy atom. The minimum atomic E-state index is -1.58. The van der Waals surface area contributed by atoms with Crippen LogP contribution >= 0.6 is 0 Å². The number of fused-ring (bicyclic) bond motifs is 1. The average Bonchev–Trinajstić information content (AvgIpc) is 2.94. The highest BCUT2D eigenvalue weighted by Crippen LogP contribution is 2.24. The zero-order valence-electron chi connectivity index (χ0n) is 12.7. The summed E-state index contributed by atoms with van der Waals surface area (Å²) in [6.07, 6.45) is 4.62. The molecule has 1 fully saturated rings. The normalized spacial score (nSPS) is 24.1. The maximum Gasteiger partial charge on any atom is 0.251 e. The zero-order chi connectivity index (χ0) is 15.7. The lowest BCUT2D eigenvalue weighted by Crippen LogP contribution is -2.57. The summed E-state index contributed by atoms with van der Waals surface area (Å²) in [5.41, 5.74) is 7.40. The molecule has 1 heterocycles. The molecule has 118 valence electrons. The van der Waals surface area contributed by atoms with Crippen LogP contribution in [0.15, 0.2) is 18.2 Å². The smallest absolute Gasteiger partial charge is 0.251 e. The number of carbonyl (C=O) groups excluding carboxylic acids is 2. The molecule has 1 aliphatic carbocycles. The molecule has 1 aromatic rings. The Balaban J connectivity index is 1.68. The summed E-state index contributed by atoms with van der Waals surface area (Å²) in [6.45, 7) is 0.575. The molecule has 2 amide bonds. The summed E-state index contributed by atoms with van der Waals surface area (Å²) in [7, 11) is 0. The number of aryl methyl sites for hydroxylation is 2. The van der Waals surface area contributed by atoms with Crippen LogP contribution in [0.25, 0.3) is 0 Å². The van der Waals surface area contributed by atoms with Crippen LogP contribution in [0, 0.1) is 0 Å². The van der Waals surface area contributed by atoms with E-state index >= 15 is 0 Å². The first kappa shape index (κ1) is 15.0. The Morgan fingerprint density at radius 1 is 1.23 bits per heavy atom. The maximum absolute atomic E-state index is 12.4. The van der Waals surface area contributed by atoms with Gasteiger partial charge in [-0.3, -0.25) is 9.59 Å². The van der Waals surface area contributed by atoms with Crippen molar-refractivity contribution in [2.45, 2.75) is 44.1 Å². The van der Waals surface area contributed by atoms with Gasteiger partial charge in [-0.2, -0.15) is 0 Å². The standard InChI is InChI=1S/C17H22N2O3/c18-16(21)17(22)7-2-8-19(11-17)15(20)10-12-5-6-13-3-1-4-14(13)9-12/h5-6,9,22H,1-4,7-8,10-11H2,(H2,18,21). The van der Waals surface area contributed by atoms with Gasteiger partial charge in [0.25, 0.3) is 5.91 Å². The van der Waals surface area contributed by atoms with E-state index in [9.17, 15) is 14.7 Å². The van der Waals surface area contributed by atoms with E-state index in [1.165, 1.54) is 17.5 Å². The van der Waals surface area contributed by atoms with Crippen LogP contribution in [0.2, 0.25) is 0 Å². The van der Waals surface area contributed by atoms with E-state index in [2.05, 4.69) is 12.1 Å². The maximum atomic E-state index is 12.4. The average molecular weight is 302 g/mol. The molecule has 2 aliphatic rings. The molecular weight excluding hydrogens is 280 g/mol. The second kappa shape index (κ2) is 5.72. The minimum absolute atomic E-state index is 0.00606. The van der Waals surface area contributed by atoms with Gasteiger partial charge in [0.1, 0.15) is 0 Å². The van der Waals surface area contributed by atoms with Gasteiger partial charge in [-0.15, -0.1) is 0 Å². The van der Waals surface area contributed by atoms with E-state index in [0.717, 1.165) is 18.4 Å². The topological polar surface area (TPSA) is 83.6 Å². The van der Waals surface area contributed by atoms with Crippen molar-refractivity contribution in [2.24, 2.45) is 5.73 Å². The van der Waals surface area contributed by atoms with Gasteiger partial charge in [-0.05, 0) is 48.8 Å². The largest absolute Gasteiger partial charge is 0.378 e. The Bertz CT molecular complexity index is 614. The van der Waals surface area contributed by atoms with Crippen LogP contribution in [-0.4, -0.2) is 40.5 Å². The van der Waals surface area contributed by atoms with E-state index in [-0.39, 0.29) is 12.5 Å². The summed E-state index contributed by atoms with van der Waals surface area (Å²) in [5, 5.41) is 10.2. The van der Waals surface area contributed by atoms with Gasteiger partial charge in [-0.25, -0.2) is 0 Å². The SMILES string of the molecule is NC(=O)C1(O)CCCN(C(=O)Cc2ccc3c(c2)CCC3)C1. The first-order valence-corrected chi connectivity index (χ1v) is 7.89. The minimum Gasteiger partial charge on any atom is -0.378 e. The van der Waals surface area contributed by atoms with Crippen molar-refractivity contribution in [2.75, 3.05) is 13.1 Å². The van der Waals surface area contributed by atoms with Crippen LogP contribution in [0.1, 0.15) is 36.0 Å². The van der Waals surface area contributed by atoms with E-state index in [4.69, 9.17) is 5.73 Å². The first-order valence-electron chi connectivity index (χ1n) is 7.89. The summed E-state index contributed by atoms with van der Waals surface area (Å²) in [6, 6.07) is 6.23. The molecule has 1 atom stereocenters. The molecule has 0 spiro atoms. The van der Waals surface area contributed by atoms with Gasteiger partial charge in [-0.1, -0.05) is 18.2 Å². The number of β-amino-alcohol motifs (C(OH)–C–C–N with tert-alkyl or cyclic N) is 1. The van der Waals surface area contributed by atoms with E-state index in [0.29, 0.717) is 25.8 Å². The Labute approximate surface area is 130 Å². The van der Waals surface area contributed by atoms with Crippen LogP contribution in [0.4, 0.5) is 0 Å². The number of rotatable bonds is 3. The molecule has 0 saturated carbocycles. The molecule has 1 aromatic carbocycles. The molecule has 22 heavy (non-hydrogen) atoms. The van der Waals surface area contributed by atoms with Crippen molar-refractivity contribution in [3.63, 3.8) is 0 Å². The number of aliphatic hydroxyl groups is 1. The van der Waals surface area contributed by atoms with Gasteiger partial charge in [0.15, 0.2) is 5.60 Å². The molecule has 0 aromatic heterocycles. The number of amides is 2. The summed E-state index contributed by atoms with van der Waals surface area (Å²) in [5.74, 6) is -0.806. The molecule has 1 aliphatic heterocycles. The number of hydrogen-bond donors (Lipinski definition) is 2. The van der Waals surface area contributed by atoms with Crippen molar-refractivity contribution in [3.05, 3.63) is 34.9 Å². The van der Waals surface area contributed by atoms with Crippen LogP contribution in [-0.2, 0) is 28.9 Å². The third kappa shape index (κ3) is 2.86. The Morgan fingerprint density at radius 2 is 2.00 bits per heavy atom. The van der Waals surface area contributed by atoms with Crippen molar-refractivity contribution in [1.29, 1.82) is 0 Å². The van der Waals surface area contributed by atoms with Gasteiger partial charge in [0, 0.05) is 6.54 Å². The highest BCUT2D eigenvalue weighted by atomic mass is 16.3. The molecule has 0 bridgehead atoms. The van der Waals surface area contributed by atoms with Gasteiger partial charge >= 0.3 is 0 Å². The summed E-state index contributed by atoms with van der Waals surface area (Å²) >= 11 is 0. The van der Waals surface area contributed by atoms with Crippen molar-refractivity contribution < 1.29 is 14.7 Å². The number of nitrogens with two attached hydrogens (primary N) is 1. The third-order valence-corrected chi connectivity index (χ3v) is 4.80. The number of likely N-dealkylation sites (tertiary alicyclic amines) is 1. The quantitative estimate of drug-likeness (QED) is 0.855. The number of piperidine rings is 1. The van der Waals surface area contributed by atoms with Crippen LogP contribution in [0.5, 0.6) is 0 Å². The Kier molecular flexibility index (Phi) is 3.91. The number of nitrogens with zero attached hydrogens (tertiary/aromatic N) is 1. The highest BCUT2D eigenvalue weighted by molar-refractivity contribution is 5.85. The molecule has 3 rings (SSSR count). The van der Waals surface area contributed by atoms with Crippen molar-refractivity contribution in [3.8, 4) is 0 Å². The third-order valence-electron chi connectivity index (χ3n) is 4.80. The molecule has 3 N–H and O–H groups in total. The number of carbonyl (C=O) groups is 2. The molecule has 0 radical (unpaired) electrons. The fourth-order valence-corrected chi connectivity index (χ4v) is 3.47. The fraction of sp³-hybridized carbons (Fsp3) is 0.529. The van der Waals surface area contributed by atoms with Crippen LogP contribution < -0.4 is 5.73 Å². The zero-order valence-corrected chi connectivity index (χ0v) is 12.7. The number of benzene rings is 1. The number of primary amides is 1. The summed E-state index contributed by atoms with van der Waals surface area (Å²) in [4.78, 5) is 25.4. The molecular formula is C17H22N2O3. The molecule has 5 heteroatoms. The van der Waals surface area contributed by atoms with E-state index in [1.54, 1.807) is 4.90 Å². The highest BCUT2D eigenvalue weighted by Gasteiger charge is 2.40. The van der Waals surface area contributed by atoms with E-state index < -0.39 is 11.5 Å². The molecule has 5 nitrogen and oxygen atoms in total. The van der Waals surface area contributed by atoms with Gasteiger partial charge in [0.2, 0.25) is 5.91 Å². The van der Waals surface area contributed by atoms with Gasteiger partial charge in [0.05, 0.1) is 13.0 Å². The van der Waals surface area contributed by atoms with Gasteiger partial charge < -0.3 is 15.7 Å². The molecule has 1 unspecified atom stereocenters. The lowest BCUT2D eigenvalue weighted by Gasteiger charge is -2.37. The van der Waals surface area contributed by atoms with Crippen molar-refractivity contribution in [1.82, 2.24) is 4.90 Å². The fourth-order valence-electron chi connectivity index (χ4n) is 3.47. The first-order chi connectivity index (χ1) is 10.5. The lowest BCUT2D eigenvalue weighted by molar-refractivity contribution is -0.148. The second-order valence-corrected chi connectivity index (χ2v) is 6.45. The van der Waals surface area contributed by atoms with Crippen molar-refractivity contribution >= 4 is 11.8 Å².